The van der Waals surface area contributed by atoms with E-state index < -0.39 is 0 Å². The SMILES string of the molecule is NCCC1CCc2oc(C3CC3)nc21. The van der Waals surface area contributed by atoms with Crippen LogP contribution >= 0.6 is 0 Å². The minimum atomic E-state index is 0.575. The Kier molecular flexibility index (Phi) is 1.87. The van der Waals surface area contributed by atoms with Crippen molar-refractivity contribution in [3.63, 3.8) is 0 Å². The number of nitrogens with zero attached hydrogens (tertiary/aromatic N) is 1. The molecule has 2 N–H and O–H groups in total. The molecule has 1 saturated carbocycles. The lowest BCUT2D eigenvalue weighted by Crippen LogP contribution is -2.05. The molecule has 76 valence electrons. The second-order valence-corrected chi connectivity index (χ2v) is 4.45. The van der Waals surface area contributed by atoms with Crippen LogP contribution in [0.2, 0.25) is 0 Å². The van der Waals surface area contributed by atoms with Crippen molar-refractivity contribution in [1.29, 1.82) is 0 Å². The molecule has 3 nitrogen and oxygen atoms in total. The largest absolute Gasteiger partial charge is 0.445 e. The number of nitrogens with two attached hydrogens (primary N) is 1. The standard InChI is InChI=1S/C11H16N2O/c12-6-5-7-3-4-9-10(7)13-11(14-9)8-1-2-8/h7-8H,1-6,12H2. The number of oxazole rings is 1. The smallest absolute Gasteiger partial charge is 0.197 e. The van der Waals surface area contributed by atoms with Gasteiger partial charge >= 0.3 is 0 Å². The Morgan fingerprint density at radius 2 is 2.21 bits per heavy atom. The van der Waals surface area contributed by atoms with Gasteiger partial charge in [0.1, 0.15) is 5.76 Å². The second-order valence-electron chi connectivity index (χ2n) is 4.45. The highest BCUT2D eigenvalue weighted by atomic mass is 16.4. The molecular weight excluding hydrogens is 176 g/mol. The molecule has 1 unspecified atom stereocenters. The molecular formula is C11H16N2O. The van der Waals surface area contributed by atoms with Crippen LogP contribution in [-0.2, 0) is 6.42 Å². The van der Waals surface area contributed by atoms with Gasteiger partial charge in [-0.2, -0.15) is 0 Å². The van der Waals surface area contributed by atoms with Crippen molar-refractivity contribution < 1.29 is 4.42 Å². The quantitative estimate of drug-likeness (QED) is 0.796. The number of aromatic nitrogens is 1. The van der Waals surface area contributed by atoms with Crippen LogP contribution in [0.25, 0.3) is 0 Å². The van der Waals surface area contributed by atoms with E-state index in [1.54, 1.807) is 0 Å². The molecule has 3 heteroatoms. The van der Waals surface area contributed by atoms with Gasteiger partial charge in [0.15, 0.2) is 5.89 Å². The summed E-state index contributed by atoms with van der Waals surface area (Å²) >= 11 is 0. The summed E-state index contributed by atoms with van der Waals surface area (Å²) in [4.78, 5) is 4.63. The van der Waals surface area contributed by atoms with E-state index in [2.05, 4.69) is 4.98 Å². The van der Waals surface area contributed by atoms with Gasteiger partial charge in [-0.05, 0) is 32.2 Å². The zero-order valence-corrected chi connectivity index (χ0v) is 8.33. The van der Waals surface area contributed by atoms with Crippen molar-refractivity contribution in [3.05, 3.63) is 17.3 Å². The van der Waals surface area contributed by atoms with Crippen molar-refractivity contribution in [2.45, 2.75) is 43.9 Å². The lowest BCUT2D eigenvalue weighted by atomic mass is 10.0. The van der Waals surface area contributed by atoms with E-state index in [4.69, 9.17) is 10.2 Å². The van der Waals surface area contributed by atoms with E-state index in [0.29, 0.717) is 11.8 Å². The molecule has 0 aromatic carbocycles. The van der Waals surface area contributed by atoms with Gasteiger partial charge in [0.2, 0.25) is 0 Å². The summed E-state index contributed by atoms with van der Waals surface area (Å²) in [5.74, 6) is 3.35. The van der Waals surface area contributed by atoms with E-state index in [-0.39, 0.29) is 0 Å². The Balaban J connectivity index is 1.86. The van der Waals surface area contributed by atoms with Crippen LogP contribution < -0.4 is 5.73 Å². The predicted molar refractivity (Wildman–Crippen MR) is 53.2 cm³/mol. The molecule has 1 atom stereocenters. The van der Waals surface area contributed by atoms with Crippen molar-refractivity contribution in [3.8, 4) is 0 Å². The first-order valence-corrected chi connectivity index (χ1v) is 5.58. The second kappa shape index (κ2) is 3.09. The molecule has 1 heterocycles. The molecule has 0 radical (unpaired) electrons. The Labute approximate surface area is 83.7 Å². The molecule has 0 spiro atoms. The first-order valence-electron chi connectivity index (χ1n) is 5.58. The number of rotatable bonds is 3. The summed E-state index contributed by atoms with van der Waals surface area (Å²) in [6.45, 7) is 0.760. The molecule has 0 aliphatic heterocycles. The topological polar surface area (TPSA) is 52.0 Å². The van der Waals surface area contributed by atoms with Gasteiger partial charge in [-0.3, -0.25) is 0 Å². The molecule has 1 aromatic rings. The van der Waals surface area contributed by atoms with Gasteiger partial charge in [0.05, 0.1) is 5.69 Å². The molecule has 2 aliphatic carbocycles. The Bertz CT molecular complexity index is 341. The van der Waals surface area contributed by atoms with E-state index in [1.165, 1.54) is 25.0 Å². The fourth-order valence-electron chi connectivity index (χ4n) is 2.31. The summed E-state index contributed by atoms with van der Waals surface area (Å²) in [6, 6.07) is 0. The Morgan fingerprint density at radius 1 is 1.36 bits per heavy atom. The molecule has 14 heavy (non-hydrogen) atoms. The van der Waals surface area contributed by atoms with Crippen LogP contribution in [0.3, 0.4) is 0 Å². The van der Waals surface area contributed by atoms with Gasteiger partial charge in [-0.15, -0.1) is 0 Å². The maximum atomic E-state index is 5.77. The molecule has 0 amide bonds. The fourth-order valence-corrected chi connectivity index (χ4v) is 2.31. The average Bonchev–Trinajstić information content (AvgIpc) is 2.84. The fraction of sp³-hybridized carbons (Fsp3) is 0.727. The van der Waals surface area contributed by atoms with Crippen LogP contribution in [0.5, 0.6) is 0 Å². The Morgan fingerprint density at radius 3 is 2.93 bits per heavy atom. The summed E-state index contributed by atoms with van der Waals surface area (Å²) in [5.41, 5.74) is 6.81. The molecule has 1 fully saturated rings. The van der Waals surface area contributed by atoms with Gasteiger partial charge in [-0.25, -0.2) is 4.98 Å². The number of hydrogen-bond acceptors (Lipinski definition) is 3. The first kappa shape index (κ1) is 8.48. The third kappa shape index (κ3) is 1.27. The van der Waals surface area contributed by atoms with Crippen LogP contribution in [-0.4, -0.2) is 11.5 Å². The van der Waals surface area contributed by atoms with Crippen molar-refractivity contribution >= 4 is 0 Å². The minimum Gasteiger partial charge on any atom is -0.445 e. The minimum absolute atomic E-state index is 0.575. The third-order valence-electron chi connectivity index (χ3n) is 3.29. The maximum Gasteiger partial charge on any atom is 0.197 e. The highest BCUT2D eigenvalue weighted by molar-refractivity contribution is 5.23. The van der Waals surface area contributed by atoms with Crippen LogP contribution in [0.15, 0.2) is 4.42 Å². The summed E-state index contributed by atoms with van der Waals surface area (Å²) in [6.07, 6.45) is 5.84. The van der Waals surface area contributed by atoms with Gasteiger partial charge in [0.25, 0.3) is 0 Å². The van der Waals surface area contributed by atoms with E-state index in [0.717, 1.165) is 31.0 Å². The zero-order valence-electron chi connectivity index (χ0n) is 8.33. The van der Waals surface area contributed by atoms with Gasteiger partial charge in [-0.1, -0.05) is 0 Å². The highest BCUT2D eigenvalue weighted by Crippen LogP contribution is 2.43. The van der Waals surface area contributed by atoms with E-state index in [9.17, 15) is 0 Å². The third-order valence-corrected chi connectivity index (χ3v) is 3.29. The van der Waals surface area contributed by atoms with Gasteiger partial charge < -0.3 is 10.2 Å². The average molecular weight is 192 g/mol. The molecule has 3 rings (SSSR count). The Hall–Kier alpha value is -0.830. The lowest BCUT2D eigenvalue weighted by molar-refractivity contribution is 0.455. The summed E-state index contributed by atoms with van der Waals surface area (Å²) < 4.78 is 5.77. The van der Waals surface area contributed by atoms with Crippen LogP contribution in [0, 0.1) is 0 Å². The molecule has 2 aliphatic rings. The molecule has 0 saturated heterocycles. The van der Waals surface area contributed by atoms with E-state index >= 15 is 0 Å². The molecule has 0 bridgehead atoms. The monoisotopic (exact) mass is 192 g/mol. The zero-order chi connectivity index (χ0) is 9.54. The van der Waals surface area contributed by atoms with E-state index in [1.807, 2.05) is 0 Å². The summed E-state index contributed by atoms with van der Waals surface area (Å²) in [5, 5.41) is 0. The number of hydrogen-bond donors (Lipinski definition) is 1. The highest BCUT2D eigenvalue weighted by Gasteiger charge is 2.34. The number of aryl methyl sites for hydroxylation is 1. The normalized spacial score (nSPS) is 25.4. The van der Waals surface area contributed by atoms with Crippen molar-refractivity contribution in [2.75, 3.05) is 6.54 Å². The predicted octanol–water partition coefficient (Wildman–Crippen LogP) is 1.93. The number of fused-ring (bicyclic) bond motifs is 1. The van der Waals surface area contributed by atoms with Crippen molar-refractivity contribution in [2.24, 2.45) is 5.73 Å². The van der Waals surface area contributed by atoms with Gasteiger partial charge in [0, 0.05) is 18.3 Å². The van der Waals surface area contributed by atoms with Crippen LogP contribution in [0.4, 0.5) is 0 Å². The first-order chi connectivity index (χ1) is 6.88. The van der Waals surface area contributed by atoms with Crippen LogP contribution in [0.1, 0.15) is 54.9 Å². The summed E-state index contributed by atoms with van der Waals surface area (Å²) in [7, 11) is 0. The lowest BCUT2D eigenvalue weighted by Gasteiger charge is -2.04. The molecule has 1 aromatic heterocycles. The van der Waals surface area contributed by atoms with Crippen molar-refractivity contribution in [1.82, 2.24) is 4.98 Å². The maximum absolute atomic E-state index is 5.77.